The zero-order valence-corrected chi connectivity index (χ0v) is 17.9. The van der Waals surface area contributed by atoms with Gasteiger partial charge in [-0.05, 0) is 82.4 Å². The van der Waals surface area contributed by atoms with Crippen LogP contribution in [0.15, 0.2) is 18.2 Å². The van der Waals surface area contributed by atoms with Gasteiger partial charge in [0.2, 0.25) is 0 Å². The van der Waals surface area contributed by atoms with Gasteiger partial charge in [0.05, 0.1) is 10.8 Å². The molecule has 5 nitrogen and oxygen atoms in total. The SMILES string of the molecule is CC(C)(CCCCCCc1ccc(CCCCC2(C(=O)O)CC2)cc1O)C(=O)O. The van der Waals surface area contributed by atoms with Gasteiger partial charge in [-0.1, -0.05) is 37.8 Å². The Kier molecular flexibility index (Phi) is 8.12. The predicted molar refractivity (Wildman–Crippen MR) is 113 cm³/mol. The fraction of sp³-hybridized carbons (Fsp3) is 0.667. The number of carbonyl (C=O) groups is 2. The lowest BCUT2D eigenvalue weighted by molar-refractivity contribution is -0.147. The van der Waals surface area contributed by atoms with Crippen LogP contribution in [0, 0.1) is 10.8 Å². The first-order valence-electron chi connectivity index (χ1n) is 10.9. The summed E-state index contributed by atoms with van der Waals surface area (Å²) in [5, 5.41) is 28.6. The fourth-order valence-corrected chi connectivity index (χ4v) is 3.83. The molecule has 0 radical (unpaired) electrons. The molecule has 1 aliphatic rings. The summed E-state index contributed by atoms with van der Waals surface area (Å²) in [6.07, 6.45) is 10.6. The molecule has 162 valence electrons. The monoisotopic (exact) mass is 404 g/mol. The van der Waals surface area contributed by atoms with Crippen molar-refractivity contribution in [3.8, 4) is 5.75 Å². The van der Waals surface area contributed by atoms with E-state index in [4.69, 9.17) is 5.11 Å². The minimum Gasteiger partial charge on any atom is -0.508 e. The summed E-state index contributed by atoms with van der Waals surface area (Å²) in [4.78, 5) is 22.3. The normalized spacial score (nSPS) is 15.2. The van der Waals surface area contributed by atoms with Gasteiger partial charge in [0.1, 0.15) is 5.75 Å². The number of hydrogen-bond donors (Lipinski definition) is 3. The van der Waals surface area contributed by atoms with E-state index in [0.29, 0.717) is 12.2 Å². The second kappa shape index (κ2) is 10.1. The third-order valence-corrected chi connectivity index (χ3v) is 6.40. The first kappa shape index (κ1) is 23.2. The average molecular weight is 405 g/mol. The Bertz CT molecular complexity index is 703. The van der Waals surface area contributed by atoms with Gasteiger partial charge in [0.25, 0.3) is 0 Å². The van der Waals surface area contributed by atoms with E-state index in [1.54, 1.807) is 13.8 Å². The van der Waals surface area contributed by atoms with Crippen molar-refractivity contribution in [2.45, 2.75) is 90.9 Å². The largest absolute Gasteiger partial charge is 0.508 e. The molecule has 0 unspecified atom stereocenters. The Morgan fingerprint density at radius 3 is 2.21 bits per heavy atom. The lowest BCUT2D eigenvalue weighted by atomic mass is 9.87. The lowest BCUT2D eigenvalue weighted by Gasteiger charge is -2.18. The number of benzene rings is 1. The van der Waals surface area contributed by atoms with Crippen LogP contribution in [0.3, 0.4) is 0 Å². The molecule has 0 bridgehead atoms. The molecule has 5 heteroatoms. The molecular weight excluding hydrogens is 368 g/mol. The van der Waals surface area contributed by atoms with Crippen molar-refractivity contribution in [2.75, 3.05) is 0 Å². The van der Waals surface area contributed by atoms with E-state index in [-0.39, 0.29) is 0 Å². The minimum atomic E-state index is -0.739. The maximum Gasteiger partial charge on any atom is 0.309 e. The van der Waals surface area contributed by atoms with E-state index >= 15 is 0 Å². The van der Waals surface area contributed by atoms with Crippen molar-refractivity contribution in [1.29, 1.82) is 0 Å². The Labute approximate surface area is 174 Å². The number of unbranched alkanes of at least 4 members (excludes halogenated alkanes) is 4. The van der Waals surface area contributed by atoms with Crippen LogP contribution in [0.2, 0.25) is 0 Å². The molecule has 1 fully saturated rings. The summed E-state index contributed by atoms with van der Waals surface area (Å²) < 4.78 is 0. The number of carboxylic acid groups (broad SMARTS) is 2. The van der Waals surface area contributed by atoms with Gasteiger partial charge in [-0.25, -0.2) is 0 Å². The van der Waals surface area contributed by atoms with Crippen molar-refractivity contribution < 1.29 is 24.9 Å². The molecule has 0 amide bonds. The topological polar surface area (TPSA) is 94.8 Å². The Balaban J connectivity index is 1.63. The van der Waals surface area contributed by atoms with Crippen LogP contribution >= 0.6 is 0 Å². The van der Waals surface area contributed by atoms with Gasteiger partial charge in [-0.2, -0.15) is 0 Å². The number of hydrogen-bond acceptors (Lipinski definition) is 3. The summed E-state index contributed by atoms with van der Waals surface area (Å²) in [5.74, 6) is -1.04. The lowest BCUT2D eigenvalue weighted by Crippen LogP contribution is -2.23. The molecular formula is C24H36O5. The molecule has 1 aliphatic carbocycles. The maximum atomic E-state index is 11.2. The van der Waals surface area contributed by atoms with E-state index in [9.17, 15) is 19.8 Å². The van der Waals surface area contributed by atoms with Crippen molar-refractivity contribution >= 4 is 11.9 Å². The van der Waals surface area contributed by atoms with Gasteiger partial charge in [0, 0.05) is 0 Å². The zero-order valence-electron chi connectivity index (χ0n) is 17.9. The molecule has 1 saturated carbocycles. The standard InChI is InChI=1S/C24H36O5/c1-23(2,21(26)27)13-7-4-3-5-10-19-12-11-18(17-20(19)25)9-6-8-14-24(15-16-24)22(28)29/h11-12,17,25H,3-10,13-16H2,1-2H3,(H,26,27)(H,28,29). The highest BCUT2D eigenvalue weighted by Gasteiger charge is 2.49. The van der Waals surface area contributed by atoms with Crippen LogP contribution in [0.25, 0.3) is 0 Å². The Morgan fingerprint density at radius 2 is 1.62 bits per heavy atom. The van der Waals surface area contributed by atoms with Gasteiger partial charge in [0.15, 0.2) is 0 Å². The molecule has 2 rings (SSSR count). The summed E-state index contributed by atoms with van der Waals surface area (Å²) >= 11 is 0. The molecule has 0 saturated heterocycles. The molecule has 0 aliphatic heterocycles. The Hall–Kier alpha value is -2.04. The summed E-state index contributed by atoms with van der Waals surface area (Å²) in [5.41, 5.74) is 0.973. The first-order chi connectivity index (χ1) is 13.7. The number of phenolic OH excluding ortho intramolecular Hbond substituents is 1. The maximum absolute atomic E-state index is 11.2. The number of aryl methyl sites for hydroxylation is 2. The third-order valence-electron chi connectivity index (χ3n) is 6.40. The van der Waals surface area contributed by atoms with Crippen LogP contribution in [-0.2, 0) is 22.4 Å². The molecule has 1 aromatic carbocycles. The second-order valence-corrected chi connectivity index (χ2v) is 9.36. The molecule has 29 heavy (non-hydrogen) atoms. The number of rotatable bonds is 14. The summed E-state index contributed by atoms with van der Waals surface area (Å²) in [6, 6.07) is 5.90. The number of carboxylic acids is 2. The van der Waals surface area contributed by atoms with Gasteiger partial charge >= 0.3 is 11.9 Å². The van der Waals surface area contributed by atoms with Crippen LogP contribution in [0.4, 0.5) is 0 Å². The van der Waals surface area contributed by atoms with E-state index < -0.39 is 22.8 Å². The van der Waals surface area contributed by atoms with Gasteiger partial charge in [-0.15, -0.1) is 0 Å². The predicted octanol–water partition coefficient (Wildman–Crippen LogP) is 5.57. The Morgan fingerprint density at radius 1 is 0.966 bits per heavy atom. The van der Waals surface area contributed by atoms with E-state index in [0.717, 1.165) is 81.8 Å². The van der Waals surface area contributed by atoms with Gasteiger partial charge in [-0.3, -0.25) is 9.59 Å². The van der Waals surface area contributed by atoms with E-state index in [2.05, 4.69) is 6.07 Å². The summed E-state index contributed by atoms with van der Waals surface area (Å²) in [7, 11) is 0. The highest BCUT2D eigenvalue weighted by molar-refractivity contribution is 5.77. The van der Waals surface area contributed by atoms with Crippen LogP contribution in [0.1, 0.15) is 89.2 Å². The zero-order chi connectivity index (χ0) is 21.5. The second-order valence-electron chi connectivity index (χ2n) is 9.36. The van der Waals surface area contributed by atoms with E-state index in [1.807, 2.05) is 12.1 Å². The number of aromatic hydroxyl groups is 1. The average Bonchev–Trinajstić information content (AvgIpc) is 3.44. The number of phenols is 1. The number of aliphatic carboxylic acids is 2. The van der Waals surface area contributed by atoms with Crippen LogP contribution < -0.4 is 0 Å². The molecule has 0 atom stereocenters. The molecule has 0 aromatic heterocycles. The quantitative estimate of drug-likeness (QED) is 0.352. The highest BCUT2D eigenvalue weighted by atomic mass is 16.4. The molecule has 3 N–H and O–H groups in total. The fourth-order valence-electron chi connectivity index (χ4n) is 3.83. The van der Waals surface area contributed by atoms with Crippen molar-refractivity contribution in [3.05, 3.63) is 29.3 Å². The highest BCUT2D eigenvalue weighted by Crippen LogP contribution is 2.50. The smallest absolute Gasteiger partial charge is 0.309 e. The third kappa shape index (κ3) is 7.06. The van der Waals surface area contributed by atoms with Crippen LogP contribution in [-0.4, -0.2) is 27.3 Å². The van der Waals surface area contributed by atoms with Crippen LogP contribution in [0.5, 0.6) is 5.75 Å². The minimum absolute atomic E-state index is 0.346. The molecule has 1 aromatic rings. The van der Waals surface area contributed by atoms with E-state index in [1.165, 1.54) is 0 Å². The van der Waals surface area contributed by atoms with Crippen molar-refractivity contribution in [2.24, 2.45) is 10.8 Å². The summed E-state index contributed by atoms with van der Waals surface area (Å²) in [6.45, 7) is 3.54. The van der Waals surface area contributed by atoms with Crippen molar-refractivity contribution in [1.82, 2.24) is 0 Å². The van der Waals surface area contributed by atoms with Crippen molar-refractivity contribution in [3.63, 3.8) is 0 Å². The molecule has 0 spiro atoms. The molecule has 0 heterocycles. The first-order valence-corrected chi connectivity index (χ1v) is 10.9. The van der Waals surface area contributed by atoms with Gasteiger partial charge < -0.3 is 15.3 Å².